The van der Waals surface area contributed by atoms with Crippen molar-refractivity contribution < 1.29 is 9.53 Å². The van der Waals surface area contributed by atoms with Crippen LogP contribution in [0, 0.1) is 11.3 Å². The highest BCUT2D eigenvalue weighted by molar-refractivity contribution is 5.49. The quantitative estimate of drug-likeness (QED) is 0.199. The summed E-state index contributed by atoms with van der Waals surface area (Å²) < 4.78 is 6.13. The van der Waals surface area contributed by atoms with Gasteiger partial charge in [-0.05, 0) is 37.0 Å². The second-order valence-electron chi connectivity index (χ2n) is 7.79. The Hall–Kier alpha value is -1.82. The lowest BCUT2D eigenvalue weighted by Crippen LogP contribution is -2.17. The molecule has 0 radical (unpaired) electrons. The zero-order chi connectivity index (χ0) is 20.3. The molecule has 0 aliphatic carbocycles. The molecule has 0 heterocycles. The molecule has 28 heavy (non-hydrogen) atoms. The SMILES string of the molecule is CCCCCCCCCCCCCC(CCC=O)Oc1cccc(CC#N)c1. The van der Waals surface area contributed by atoms with Crippen molar-refractivity contribution in [2.24, 2.45) is 0 Å². The van der Waals surface area contributed by atoms with Crippen molar-refractivity contribution in [1.82, 2.24) is 0 Å². The van der Waals surface area contributed by atoms with Crippen LogP contribution in [-0.4, -0.2) is 12.4 Å². The first-order valence-corrected chi connectivity index (χ1v) is 11.4. The molecule has 1 aromatic rings. The third-order valence-corrected chi connectivity index (χ3v) is 5.22. The Morgan fingerprint density at radius 1 is 0.964 bits per heavy atom. The van der Waals surface area contributed by atoms with Crippen molar-refractivity contribution in [1.29, 1.82) is 5.26 Å². The van der Waals surface area contributed by atoms with Gasteiger partial charge in [0.1, 0.15) is 12.0 Å². The highest BCUT2D eigenvalue weighted by Crippen LogP contribution is 2.20. The largest absolute Gasteiger partial charge is 0.490 e. The minimum atomic E-state index is 0.0844. The molecular weight excluding hydrogens is 346 g/mol. The van der Waals surface area contributed by atoms with Crippen LogP contribution in [0.25, 0.3) is 0 Å². The van der Waals surface area contributed by atoms with E-state index >= 15 is 0 Å². The van der Waals surface area contributed by atoms with E-state index in [9.17, 15) is 4.79 Å². The van der Waals surface area contributed by atoms with Gasteiger partial charge >= 0.3 is 0 Å². The van der Waals surface area contributed by atoms with Crippen LogP contribution in [0.5, 0.6) is 5.75 Å². The number of ether oxygens (including phenoxy) is 1. The molecule has 0 fully saturated rings. The second-order valence-corrected chi connectivity index (χ2v) is 7.79. The van der Waals surface area contributed by atoms with Gasteiger partial charge in [0, 0.05) is 6.42 Å². The molecule has 0 aliphatic rings. The molecule has 0 aliphatic heterocycles. The predicted molar refractivity (Wildman–Crippen MR) is 117 cm³/mol. The highest BCUT2D eigenvalue weighted by Gasteiger charge is 2.11. The Labute approximate surface area is 172 Å². The summed E-state index contributed by atoms with van der Waals surface area (Å²) in [5.41, 5.74) is 0.976. The summed E-state index contributed by atoms with van der Waals surface area (Å²) in [5.74, 6) is 0.812. The van der Waals surface area contributed by atoms with Crippen molar-refractivity contribution in [3.63, 3.8) is 0 Å². The first-order chi connectivity index (χ1) is 13.8. The van der Waals surface area contributed by atoms with Crippen LogP contribution >= 0.6 is 0 Å². The van der Waals surface area contributed by atoms with Gasteiger partial charge in [-0.15, -0.1) is 0 Å². The molecule has 1 rings (SSSR count). The summed E-state index contributed by atoms with van der Waals surface area (Å²) in [5, 5.41) is 8.85. The standard InChI is InChI=1S/C25H39NO2/c1-2-3-4-5-6-7-8-9-10-11-12-16-24(18-14-21-27)28-25-17-13-15-23(22-25)19-20-26/h13,15,17,21-22,24H,2-12,14,16,18-19H2,1H3. The summed E-state index contributed by atoms with van der Waals surface area (Å²) in [4.78, 5) is 10.8. The minimum absolute atomic E-state index is 0.0844. The normalized spacial score (nSPS) is 11.7. The number of rotatable bonds is 18. The van der Waals surface area contributed by atoms with E-state index in [0.717, 1.165) is 36.9 Å². The van der Waals surface area contributed by atoms with Crippen molar-refractivity contribution in [3.05, 3.63) is 29.8 Å². The van der Waals surface area contributed by atoms with Crippen LogP contribution in [0.2, 0.25) is 0 Å². The molecule has 0 N–H and O–H groups in total. The summed E-state index contributed by atoms with van der Waals surface area (Å²) in [6.07, 6.45) is 18.4. The van der Waals surface area contributed by atoms with Crippen molar-refractivity contribution >= 4 is 6.29 Å². The lowest BCUT2D eigenvalue weighted by atomic mass is 10.0. The number of hydrogen-bond acceptors (Lipinski definition) is 3. The molecule has 1 unspecified atom stereocenters. The van der Waals surface area contributed by atoms with Gasteiger partial charge in [-0.25, -0.2) is 0 Å². The van der Waals surface area contributed by atoms with Crippen LogP contribution < -0.4 is 4.74 Å². The van der Waals surface area contributed by atoms with E-state index < -0.39 is 0 Å². The average Bonchev–Trinajstić information content (AvgIpc) is 2.70. The van der Waals surface area contributed by atoms with Gasteiger partial charge in [0.05, 0.1) is 18.6 Å². The fraction of sp³-hybridized carbons (Fsp3) is 0.680. The Balaban J connectivity index is 2.20. The average molecular weight is 386 g/mol. The van der Waals surface area contributed by atoms with Crippen molar-refractivity contribution in [3.8, 4) is 11.8 Å². The number of benzene rings is 1. The topological polar surface area (TPSA) is 50.1 Å². The monoisotopic (exact) mass is 385 g/mol. The van der Waals surface area contributed by atoms with E-state index in [1.807, 2.05) is 24.3 Å². The molecule has 0 spiro atoms. The summed E-state index contributed by atoms with van der Waals surface area (Å²) in [7, 11) is 0. The van der Waals surface area contributed by atoms with E-state index in [1.54, 1.807) is 0 Å². The number of unbranched alkanes of at least 4 members (excludes halogenated alkanes) is 10. The first-order valence-electron chi connectivity index (χ1n) is 11.4. The Bertz CT molecular complexity index is 550. The van der Waals surface area contributed by atoms with E-state index in [0.29, 0.717) is 12.8 Å². The molecule has 0 saturated carbocycles. The number of nitriles is 1. The fourth-order valence-corrected chi connectivity index (χ4v) is 3.56. The molecule has 1 aromatic carbocycles. The molecular formula is C25H39NO2. The van der Waals surface area contributed by atoms with Crippen LogP contribution in [0.15, 0.2) is 24.3 Å². The number of aldehydes is 1. The molecule has 3 nitrogen and oxygen atoms in total. The van der Waals surface area contributed by atoms with E-state index in [4.69, 9.17) is 10.00 Å². The maximum atomic E-state index is 10.8. The fourth-order valence-electron chi connectivity index (χ4n) is 3.56. The lowest BCUT2D eigenvalue weighted by Gasteiger charge is -2.19. The maximum Gasteiger partial charge on any atom is 0.120 e. The highest BCUT2D eigenvalue weighted by atomic mass is 16.5. The predicted octanol–water partition coefficient (Wildman–Crippen LogP) is 7.18. The minimum Gasteiger partial charge on any atom is -0.490 e. The number of hydrogen-bond donors (Lipinski definition) is 0. The third kappa shape index (κ3) is 12.5. The number of carbonyl (C=O) groups excluding carboxylic acids is 1. The molecule has 156 valence electrons. The van der Waals surface area contributed by atoms with Crippen LogP contribution in [0.1, 0.15) is 102 Å². The molecule has 0 amide bonds. The summed E-state index contributed by atoms with van der Waals surface area (Å²) in [6.45, 7) is 2.26. The van der Waals surface area contributed by atoms with Gasteiger partial charge in [-0.2, -0.15) is 5.26 Å². The van der Waals surface area contributed by atoms with Gasteiger partial charge in [0.25, 0.3) is 0 Å². The zero-order valence-electron chi connectivity index (χ0n) is 17.8. The molecule has 3 heteroatoms. The molecule has 0 saturated heterocycles. The van der Waals surface area contributed by atoms with E-state index in [-0.39, 0.29) is 6.10 Å². The smallest absolute Gasteiger partial charge is 0.120 e. The summed E-state index contributed by atoms with van der Waals surface area (Å²) in [6, 6.07) is 9.93. The third-order valence-electron chi connectivity index (χ3n) is 5.22. The zero-order valence-corrected chi connectivity index (χ0v) is 17.8. The van der Waals surface area contributed by atoms with Gasteiger partial charge in [0.15, 0.2) is 0 Å². The second kappa shape index (κ2) is 17.3. The Morgan fingerprint density at radius 2 is 1.61 bits per heavy atom. The van der Waals surface area contributed by atoms with Gasteiger partial charge in [-0.3, -0.25) is 0 Å². The van der Waals surface area contributed by atoms with Crippen molar-refractivity contribution in [2.75, 3.05) is 0 Å². The summed E-state index contributed by atoms with van der Waals surface area (Å²) >= 11 is 0. The molecule has 0 bridgehead atoms. The maximum absolute atomic E-state index is 10.8. The van der Waals surface area contributed by atoms with Crippen LogP contribution in [-0.2, 0) is 11.2 Å². The number of nitrogens with zero attached hydrogens (tertiary/aromatic N) is 1. The lowest BCUT2D eigenvalue weighted by molar-refractivity contribution is -0.108. The number of carbonyl (C=O) groups is 1. The Morgan fingerprint density at radius 3 is 2.21 bits per heavy atom. The van der Waals surface area contributed by atoms with Gasteiger partial charge in [0.2, 0.25) is 0 Å². The Kier molecular flexibility index (Phi) is 15.0. The van der Waals surface area contributed by atoms with Gasteiger partial charge in [-0.1, -0.05) is 83.3 Å². The van der Waals surface area contributed by atoms with Crippen molar-refractivity contribution in [2.45, 2.75) is 109 Å². The van der Waals surface area contributed by atoms with Gasteiger partial charge < -0.3 is 9.53 Å². The van der Waals surface area contributed by atoms with E-state index in [1.165, 1.54) is 64.2 Å². The van der Waals surface area contributed by atoms with E-state index in [2.05, 4.69) is 13.0 Å². The van der Waals surface area contributed by atoms with Crippen LogP contribution in [0.3, 0.4) is 0 Å². The first kappa shape index (κ1) is 24.2. The van der Waals surface area contributed by atoms with Crippen LogP contribution in [0.4, 0.5) is 0 Å². The molecule has 0 aromatic heterocycles. The molecule has 1 atom stereocenters.